The highest BCUT2D eigenvalue weighted by molar-refractivity contribution is 5.45. The Balaban J connectivity index is 3.19. The van der Waals surface area contributed by atoms with E-state index in [1.807, 2.05) is 0 Å². The van der Waals surface area contributed by atoms with Crippen molar-refractivity contribution in [2.75, 3.05) is 0 Å². The SMILES string of the molecule is CC(C)c1cc([N+](=O)[O-])ccc1OC(F)(F)C(F)C(F)(F)F. The van der Waals surface area contributed by atoms with Gasteiger partial charge in [0.15, 0.2) is 0 Å². The van der Waals surface area contributed by atoms with Gasteiger partial charge >= 0.3 is 12.3 Å². The van der Waals surface area contributed by atoms with Gasteiger partial charge in [0.05, 0.1) is 4.92 Å². The first-order chi connectivity index (χ1) is 9.86. The Kier molecular flexibility index (Phi) is 4.93. The van der Waals surface area contributed by atoms with Crippen LogP contribution in [0, 0.1) is 10.1 Å². The molecule has 0 saturated heterocycles. The molecule has 22 heavy (non-hydrogen) atoms. The molecule has 1 aromatic carbocycles. The van der Waals surface area contributed by atoms with Crippen molar-refractivity contribution >= 4 is 5.69 Å². The van der Waals surface area contributed by atoms with Crippen LogP contribution in [0.25, 0.3) is 0 Å². The third kappa shape index (κ3) is 4.01. The smallest absolute Gasteiger partial charge is 0.430 e. The van der Waals surface area contributed by atoms with Crippen LogP contribution in [0.1, 0.15) is 25.3 Å². The number of alkyl halides is 6. The van der Waals surface area contributed by atoms with Crippen LogP contribution in [0.4, 0.5) is 32.0 Å². The summed E-state index contributed by atoms with van der Waals surface area (Å²) in [6.45, 7) is 2.92. The summed E-state index contributed by atoms with van der Waals surface area (Å²) in [5, 5.41) is 10.6. The molecule has 0 amide bonds. The highest BCUT2D eigenvalue weighted by atomic mass is 19.4. The first-order valence-corrected chi connectivity index (χ1v) is 5.92. The molecule has 10 heteroatoms. The van der Waals surface area contributed by atoms with Gasteiger partial charge in [0, 0.05) is 17.7 Å². The lowest BCUT2D eigenvalue weighted by Crippen LogP contribution is -2.45. The van der Waals surface area contributed by atoms with E-state index in [1.54, 1.807) is 0 Å². The predicted octanol–water partition coefficient (Wildman–Crippen LogP) is 4.59. The highest BCUT2D eigenvalue weighted by Gasteiger charge is 2.59. The molecule has 1 rings (SSSR count). The maximum atomic E-state index is 13.3. The fraction of sp³-hybridized carbons (Fsp3) is 0.500. The molecule has 0 fully saturated rings. The average molecular weight is 331 g/mol. The van der Waals surface area contributed by atoms with Crippen molar-refractivity contribution in [3.63, 3.8) is 0 Å². The number of nitro benzene ring substituents is 1. The van der Waals surface area contributed by atoms with E-state index >= 15 is 0 Å². The summed E-state index contributed by atoms with van der Waals surface area (Å²) in [5.74, 6) is -1.33. The van der Waals surface area contributed by atoms with E-state index in [1.165, 1.54) is 13.8 Å². The van der Waals surface area contributed by atoms with E-state index in [4.69, 9.17) is 0 Å². The lowest BCUT2D eigenvalue weighted by molar-refractivity contribution is -0.385. The maximum Gasteiger partial charge on any atom is 0.439 e. The number of hydrogen-bond donors (Lipinski definition) is 0. The van der Waals surface area contributed by atoms with Gasteiger partial charge in [-0.05, 0) is 12.0 Å². The normalized spacial score (nSPS) is 14.0. The van der Waals surface area contributed by atoms with E-state index in [9.17, 15) is 36.5 Å². The zero-order valence-corrected chi connectivity index (χ0v) is 11.3. The minimum atomic E-state index is -5.80. The van der Waals surface area contributed by atoms with Crippen molar-refractivity contribution in [1.82, 2.24) is 0 Å². The van der Waals surface area contributed by atoms with Gasteiger partial charge in [-0.25, -0.2) is 4.39 Å². The number of halogens is 6. The Hall–Kier alpha value is -2.00. The highest BCUT2D eigenvalue weighted by Crippen LogP contribution is 2.39. The van der Waals surface area contributed by atoms with Crippen LogP contribution < -0.4 is 4.74 Å². The average Bonchev–Trinajstić information content (AvgIpc) is 2.36. The first kappa shape index (κ1) is 18.1. The van der Waals surface area contributed by atoms with Crippen molar-refractivity contribution < 1.29 is 36.0 Å². The number of benzene rings is 1. The van der Waals surface area contributed by atoms with Crippen LogP contribution in [0.15, 0.2) is 18.2 Å². The van der Waals surface area contributed by atoms with Crippen LogP contribution in [-0.4, -0.2) is 23.4 Å². The standard InChI is InChI=1S/C12H11F6NO3/c1-6(2)8-5-7(19(20)21)3-4-9(8)22-12(17,18)10(13)11(14,15)16/h3-6,10H,1-2H3. The summed E-state index contributed by atoms with van der Waals surface area (Å²) < 4.78 is 79.3. The van der Waals surface area contributed by atoms with E-state index in [0.717, 1.165) is 12.1 Å². The summed E-state index contributed by atoms with van der Waals surface area (Å²) in [4.78, 5) is 9.82. The molecule has 4 nitrogen and oxygen atoms in total. The van der Waals surface area contributed by atoms with Gasteiger partial charge in [0.2, 0.25) is 0 Å². The van der Waals surface area contributed by atoms with Crippen LogP contribution in [0.2, 0.25) is 0 Å². The van der Waals surface area contributed by atoms with Crippen LogP contribution in [0.5, 0.6) is 5.75 Å². The largest absolute Gasteiger partial charge is 0.439 e. The molecule has 0 saturated carbocycles. The molecule has 0 aliphatic carbocycles. The summed E-state index contributed by atoms with van der Waals surface area (Å²) >= 11 is 0. The summed E-state index contributed by atoms with van der Waals surface area (Å²) in [7, 11) is 0. The van der Waals surface area contributed by atoms with E-state index in [-0.39, 0.29) is 5.56 Å². The Bertz CT molecular complexity index is 558. The van der Waals surface area contributed by atoms with Crippen LogP contribution in [-0.2, 0) is 0 Å². The molecule has 0 aliphatic rings. The zero-order valence-electron chi connectivity index (χ0n) is 11.3. The minimum Gasteiger partial charge on any atom is -0.430 e. The number of nitro groups is 1. The number of hydrogen-bond acceptors (Lipinski definition) is 3. The van der Waals surface area contributed by atoms with E-state index in [0.29, 0.717) is 6.07 Å². The molecule has 1 atom stereocenters. The van der Waals surface area contributed by atoms with Gasteiger partial charge in [-0.1, -0.05) is 13.8 Å². The van der Waals surface area contributed by atoms with Crippen molar-refractivity contribution in [2.24, 2.45) is 0 Å². The third-order valence-corrected chi connectivity index (χ3v) is 2.65. The Morgan fingerprint density at radius 1 is 1.18 bits per heavy atom. The van der Waals surface area contributed by atoms with Crippen molar-refractivity contribution in [1.29, 1.82) is 0 Å². The predicted molar refractivity (Wildman–Crippen MR) is 63.7 cm³/mol. The number of nitrogens with zero attached hydrogens (tertiary/aromatic N) is 1. The number of ether oxygens (including phenoxy) is 1. The number of non-ortho nitro benzene ring substituents is 1. The second-order valence-corrected chi connectivity index (χ2v) is 4.70. The van der Waals surface area contributed by atoms with Crippen molar-refractivity contribution in [2.45, 2.75) is 38.2 Å². The molecule has 0 radical (unpaired) electrons. The van der Waals surface area contributed by atoms with Crippen molar-refractivity contribution in [3.05, 3.63) is 33.9 Å². The molecular weight excluding hydrogens is 320 g/mol. The maximum absolute atomic E-state index is 13.3. The molecule has 0 spiro atoms. The first-order valence-electron chi connectivity index (χ1n) is 5.92. The second kappa shape index (κ2) is 6.01. The molecule has 124 valence electrons. The topological polar surface area (TPSA) is 52.4 Å². The monoisotopic (exact) mass is 331 g/mol. The Labute approximate surface area is 120 Å². The van der Waals surface area contributed by atoms with Gasteiger partial charge in [-0.15, -0.1) is 0 Å². The third-order valence-electron chi connectivity index (χ3n) is 2.65. The molecule has 1 unspecified atom stereocenters. The molecule has 0 N–H and O–H groups in total. The van der Waals surface area contributed by atoms with Gasteiger partial charge < -0.3 is 4.74 Å². The second-order valence-electron chi connectivity index (χ2n) is 4.70. The molecule has 0 aromatic heterocycles. The Morgan fingerprint density at radius 3 is 2.14 bits per heavy atom. The van der Waals surface area contributed by atoms with Gasteiger partial charge in [0.1, 0.15) is 5.75 Å². The quantitative estimate of drug-likeness (QED) is 0.450. The summed E-state index contributed by atoms with van der Waals surface area (Å²) in [6, 6.07) is 2.37. The fourth-order valence-electron chi connectivity index (χ4n) is 1.58. The molecular formula is C12H11F6NO3. The minimum absolute atomic E-state index is 0.136. The Morgan fingerprint density at radius 2 is 1.73 bits per heavy atom. The lowest BCUT2D eigenvalue weighted by atomic mass is 10.0. The van der Waals surface area contributed by atoms with E-state index in [2.05, 4.69) is 4.74 Å². The van der Waals surface area contributed by atoms with Crippen molar-refractivity contribution in [3.8, 4) is 5.75 Å². The van der Waals surface area contributed by atoms with Gasteiger partial charge in [0.25, 0.3) is 11.9 Å². The molecule has 0 bridgehead atoms. The zero-order chi connectivity index (χ0) is 17.3. The molecule has 1 aromatic rings. The molecule has 0 aliphatic heterocycles. The van der Waals surface area contributed by atoms with Gasteiger partial charge in [-0.2, -0.15) is 22.0 Å². The van der Waals surface area contributed by atoms with Crippen LogP contribution >= 0.6 is 0 Å². The number of rotatable bonds is 5. The summed E-state index contributed by atoms with van der Waals surface area (Å²) in [5.41, 5.74) is -0.588. The molecule has 0 heterocycles. The summed E-state index contributed by atoms with van der Waals surface area (Å²) in [6.07, 6.45) is -15.5. The van der Waals surface area contributed by atoms with Gasteiger partial charge in [-0.3, -0.25) is 10.1 Å². The lowest BCUT2D eigenvalue weighted by Gasteiger charge is -2.24. The van der Waals surface area contributed by atoms with E-state index < -0.39 is 40.7 Å². The fourth-order valence-corrected chi connectivity index (χ4v) is 1.58. The van der Waals surface area contributed by atoms with Crippen LogP contribution in [0.3, 0.4) is 0 Å².